The Morgan fingerprint density at radius 2 is 2.05 bits per heavy atom. The maximum atomic E-state index is 5.19. The Hall–Kier alpha value is -1.36. The average molecular weight is 280 g/mol. The number of rotatable bonds is 9. The van der Waals surface area contributed by atoms with Crippen molar-refractivity contribution in [1.29, 1.82) is 0 Å². The van der Waals surface area contributed by atoms with Crippen LogP contribution in [0.1, 0.15) is 39.9 Å². The van der Waals surface area contributed by atoms with E-state index in [9.17, 15) is 0 Å². The van der Waals surface area contributed by atoms with Crippen LogP contribution in [-0.4, -0.2) is 42.8 Å². The van der Waals surface area contributed by atoms with Gasteiger partial charge >= 0.3 is 0 Å². The molecule has 0 radical (unpaired) electrons. The molecule has 5 heteroatoms. The lowest BCUT2D eigenvalue weighted by Crippen LogP contribution is -2.34. The molecule has 0 unspecified atom stereocenters. The molecule has 1 aromatic rings. The molecule has 1 heterocycles. The number of aryl methyl sites for hydroxylation is 1. The summed E-state index contributed by atoms with van der Waals surface area (Å²) in [6.45, 7) is 11.0. The zero-order valence-corrected chi connectivity index (χ0v) is 13.4. The number of anilines is 2. The number of nitrogens with zero attached hydrogens (tertiary/aromatic N) is 3. The van der Waals surface area contributed by atoms with Crippen LogP contribution in [0.5, 0.6) is 0 Å². The van der Waals surface area contributed by atoms with Crippen molar-refractivity contribution in [3.8, 4) is 0 Å². The topological polar surface area (TPSA) is 50.3 Å². The van der Waals surface area contributed by atoms with Gasteiger partial charge in [-0.25, -0.2) is 9.97 Å². The Kier molecular flexibility index (Phi) is 7.30. The molecule has 0 aliphatic heterocycles. The fourth-order valence-electron chi connectivity index (χ4n) is 1.96. The van der Waals surface area contributed by atoms with Crippen molar-refractivity contribution in [3.63, 3.8) is 0 Å². The highest BCUT2D eigenvalue weighted by Crippen LogP contribution is 2.18. The van der Waals surface area contributed by atoms with Gasteiger partial charge in [0.1, 0.15) is 17.5 Å². The predicted molar refractivity (Wildman–Crippen MR) is 84.5 cm³/mol. The molecule has 1 rings (SSSR count). The van der Waals surface area contributed by atoms with Crippen molar-refractivity contribution in [2.75, 3.05) is 37.0 Å². The van der Waals surface area contributed by atoms with Crippen molar-refractivity contribution in [3.05, 3.63) is 11.9 Å². The number of hydrogen-bond donors (Lipinski definition) is 1. The molecule has 0 aromatic carbocycles. The number of nitrogens with one attached hydrogen (secondary N) is 1. The zero-order valence-electron chi connectivity index (χ0n) is 13.4. The second kappa shape index (κ2) is 8.74. The molecule has 0 bridgehead atoms. The van der Waals surface area contributed by atoms with Gasteiger partial charge in [-0.1, -0.05) is 13.8 Å². The van der Waals surface area contributed by atoms with E-state index < -0.39 is 0 Å². The third-order valence-electron chi connectivity index (χ3n) is 3.09. The molecule has 0 atom stereocenters. The van der Waals surface area contributed by atoms with Crippen molar-refractivity contribution in [2.24, 2.45) is 0 Å². The Balaban J connectivity index is 2.99. The zero-order chi connectivity index (χ0) is 15.0. The molecule has 0 spiro atoms. The first kappa shape index (κ1) is 16.7. The van der Waals surface area contributed by atoms with Crippen LogP contribution in [0.15, 0.2) is 6.07 Å². The van der Waals surface area contributed by atoms with E-state index in [0.717, 1.165) is 43.4 Å². The van der Waals surface area contributed by atoms with Gasteiger partial charge in [0.2, 0.25) is 0 Å². The fraction of sp³-hybridized carbons (Fsp3) is 0.733. The van der Waals surface area contributed by atoms with Crippen molar-refractivity contribution < 1.29 is 4.74 Å². The van der Waals surface area contributed by atoms with Crippen LogP contribution in [0.2, 0.25) is 0 Å². The quantitative estimate of drug-likeness (QED) is 0.753. The first-order valence-corrected chi connectivity index (χ1v) is 7.49. The number of hydrogen-bond acceptors (Lipinski definition) is 5. The maximum absolute atomic E-state index is 5.19. The van der Waals surface area contributed by atoms with E-state index in [-0.39, 0.29) is 0 Å². The molecule has 0 aliphatic rings. The molecule has 0 saturated heterocycles. The van der Waals surface area contributed by atoms with Gasteiger partial charge in [-0.05, 0) is 20.3 Å². The lowest BCUT2D eigenvalue weighted by atomic mass is 10.3. The Bertz CT molecular complexity index is 395. The van der Waals surface area contributed by atoms with E-state index in [0.29, 0.717) is 12.6 Å². The van der Waals surface area contributed by atoms with Crippen LogP contribution < -0.4 is 10.2 Å². The summed E-state index contributed by atoms with van der Waals surface area (Å²) in [4.78, 5) is 11.4. The predicted octanol–water partition coefficient (Wildman–Crippen LogP) is 2.72. The van der Waals surface area contributed by atoms with E-state index in [2.05, 4.69) is 47.9 Å². The lowest BCUT2D eigenvalue weighted by molar-refractivity contribution is 0.203. The van der Waals surface area contributed by atoms with E-state index in [1.165, 1.54) is 0 Å². The number of methoxy groups -OCH3 is 1. The number of aromatic nitrogens is 2. The molecule has 0 aliphatic carbocycles. The van der Waals surface area contributed by atoms with Crippen LogP contribution in [0.25, 0.3) is 0 Å². The second-order valence-corrected chi connectivity index (χ2v) is 5.09. The third kappa shape index (κ3) is 4.96. The van der Waals surface area contributed by atoms with Gasteiger partial charge in [0.25, 0.3) is 0 Å². The molecule has 20 heavy (non-hydrogen) atoms. The Labute approximate surface area is 122 Å². The SMILES string of the molecule is CCCNc1cc(N(CCOC)C(C)C)nc(CC)n1. The second-order valence-electron chi connectivity index (χ2n) is 5.09. The largest absolute Gasteiger partial charge is 0.383 e. The first-order chi connectivity index (χ1) is 9.62. The molecule has 5 nitrogen and oxygen atoms in total. The van der Waals surface area contributed by atoms with Crippen molar-refractivity contribution >= 4 is 11.6 Å². The van der Waals surface area contributed by atoms with Crippen LogP contribution in [0, 0.1) is 0 Å². The van der Waals surface area contributed by atoms with Crippen LogP contribution in [-0.2, 0) is 11.2 Å². The van der Waals surface area contributed by atoms with E-state index in [4.69, 9.17) is 4.74 Å². The summed E-state index contributed by atoms with van der Waals surface area (Å²) >= 11 is 0. The summed E-state index contributed by atoms with van der Waals surface area (Å²) < 4.78 is 5.19. The summed E-state index contributed by atoms with van der Waals surface area (Å²) in [6.07, 6.45) is 1.92. The normalized spacial score (nSPS) is 10.9. The number of ether oxygens (including phenoxy) is 1. The molecule has 1 N–H and O–H groups in total. The Morgan fingerprint density at radius 1 is 1.30 bits per heavy atom. The van der Waals surface area contributed by atoms with Gasteiger partial charge in [-0.3, -0.25) is 0 Å². The van der Waals surface area contributed by atoms with Crippen molar-refractivity contribution in [1.82, 2.24) is 9.97 Å². The molecule has 0 fully saturated rings. The minimum Gasteiger partial charge on any atom is -0.383 e. The summed E-state index contributed by atoms with van der Waals surface area (Å²) in [6, 6.07) is 2.41. The summed E-state index contributed by atoms with van der Waals surface area (Å²) in [5.74, 6) is 2.77. The molecule has 114 valence electrons. The summed E-state index contributed by atoms with van der Waals surface area (Å²) in [5, 5.41) is 3.35. The highest BCUT2D eigenvalue weighted by molar-refractivity contribution is 5.50. The van der Waals surface area contributed by atoms with Crippen LogP contribution in [0.3, 0.4) is 0 Å². The van der Waals surface area contributed by atoms with E-state index in [1.54, 1.807) is 7.11 Å². The summed E-state index contributed by atoms with van der Waals surface area (Å²) in [5.41, 5.74) is 0. The molecule has 0 saturated carbocycles. The summed E-state index contributed by atoms with van der Waals surface area (Å²) in [7, 11) is 1.73. The third-order valence-corrected chi connectivity index (χ3v) is 3.09. The van der Waals surface area contributed by atoms with Crippen molar-refractivity contribution in [2.45, 2.75) is 46.6 Å². The van der Waals surface area contributed by atoms with Gasteiger partial charge in [-0.2, -0.15) is 0 Å². The minimum atomic E-state index is 0.379. The Morgan fingerprint density at radius 3 is 2.60 bits per heavy atom. The van der Waals surface area contributed by atoms with E-state index in [1.807, 2.05) is 6.07 Å². The average Bonchev–Trinajstić information content (AvgIpc) is 2.45. The van der Waals surface area contributed by atoms with Gasteiger partial charge < -0.3 is 15.0 Å². The minimum absolute atomic E-state index is 0.379. The highest BCUT2D eigenvalue weighted by Gasteiger charge is 2.14. The van der Waals surface area contributed by atoms with Gasteiger partial charge in [-0.15, -0.1) is 0 Å². The van der Waals surface area contributed by atoms with Gasteiger partial charge in [0.15, 0.2) is 0 Å². The monoisotopic (exact) mass is 280 g/mol. The fourth-order valence-corrected chi connectivity index (χ4v) is 1.96. The van der Waals surface area contributed by atoms with Gasteiger partial charge in [0, 0.05) is 38.7 Å². The molecular formula is C15H28N4O. The molecule has 0 amide bonds. The smallest absolute Gasteiger partial charge is 0.134 e. The first-order valence-electron chi connectivity index (χ1n) is 7.49. The van der Waals surface area contributed by atoms with Crippen LogP contribution in [0.4, 0.5) is 11.6 Å². The van der Waals surface area contributed by atoms with Crippen LogP contribution >= 0.6 is 0 Å². The van der Waals surface area contributed by atoms with Gasteiger partial charge in [0.05, 0.1) is 6.61 Å². The highest BCUT2D eigenvalue weighted by atomic mass is 16.5. The maximum Gasteiger partial charge on any atom is 0.134 e. The van der Waals surface area contributed by atoms with E-state index >= 15 is 0 Å². The standard InChI is InChI=1S/C15H28N4O/c1-6-8-16-14-11-15(18-13(7-2)17-14)19(12(3)4)9-10-20-5/h11-12H,6-10H2,1-5H3,(H,16,17,18). The molecular weight excluding hydrogens is 252 g/mol. The lowest BCUT2D eigenvalue weighted by Gasteiger charge is -2.28. The molecule has 1 aromatic heterocycles.